The van der Waals surface area contributed by atoms with Crippen LogP contribution < -0.4 is 5.32 Å². The van der Waals surface area contributed by atoms with Crippen LogP contribution in [0.1, 0.15) is 50.8 Å². The molecule has 13 nitrogen and oxygen atoms in total. The molecule has 1 aromatic heterocycles. The van der Waals surface area contributed by atoms with Crippen LogP contribution in [0.4, 0.5) is 4.79 Å². The number of ether oxygens (including phenoxy) is 3. The highest BCUT2D eigenvalue weighted by Gasteiger charge is 2.31. The van der Waals surface area contributed by atoms with Crippen LogP contribution >= 0.6 is 23.2 Å². The van der Waals surface area contributed by atoms with Crippen LogP contribution in [0.2, 0.25) is 10.0 Å². The Balaban J connectivity index is 1.35. The largest absolute Gasteiger partial charge is 0.511 e. The number of sulfone groups is 1. The summed E-state index contributed by atoms with van der Waals surface area (Å²) < 4.78 is 44.8. The van der Waals surface area contributed by atoms with E-state index in [2.05, 4.69) is 5.32 Å². The van der Waals surface area contributed by atoms with Gasteiger partial charge in [0, 0.05) is 56.7 Å². The van der Waals surface area contributed by atoms with E-state index >= 15 is 0 Å². The van der Waals surface area contributed by atoms with E-state index in [0.717, 1.165) is 11.6 Å². The molecule has 2 amide bonds. The lowest BCUT2D eigenvalue weighted by atomic mass is 9.95. The molecule has 2 heterocycles. The Morgan fingerprint density at radius 2 is 1.84 bits per heavy atom. The molecule has 5 rings (SSSR count). The van der Waals surface area contributed by atoms with Crippen LogP contribution in [0.5, 0.6) is 0 Å². The zero-order valence-electron chi connectivity index (χ0n) is 27.5. The number of amides is 2. The number of hydrogen-bond acceptors (Lipinski definition) is 11. The van der Waals surface area contributed by atoms with Gasteiger partial charge in [0.05, 0.1) is 33.4 Å². The Labute approximate surface area is 303 Å². The summed E-state index contributed by atoms with van der Waals surface area (Å²) in [7, 11) is -3.60. The number of aliphatic hydroxyl groups excluding tert-OH is 1. The van der Waals surface area contributed by atoms with Crippen LogP contribution in [-0.4, -0.2) is 80.7 Å². The predicted octanol–water partition coefficient (Wildman–Crippen LogP) is 5.11. The molecule has 2 N–H and O–H groups in total. The smallest absolute Gasteiger partial charge is 0.464 e. The number of rotatable bonds is 12. The van der Waals surface area contributed by atoms with Crippen LogP contribution in [0.25, 0.3) is 11.0 Å². The standard InChI is InChI=1S/C35H34Cl2N2O11S/c1-20(50-35(44)48-13-4-12-40)49-34(43)28(16-21-5-3-6-25(15-21)51(2,45)46)38-32(41)30-27(36)17-24-19-39(11-9-26(24)31(30)37)33(42)23-8-7-22-10-14-47-29(22)18-23/h3,5-8,10,14-15,17-18,20,28,40H,4,9,11-13,16,19H2,1-2H3,(H,38,41)/t20?,28-/m0/s1. The van der Waals surface area contributed by atoms with Gasteiger partial charge in [0.15, 0.2) is 9.84 Å². The minimum Gasteiger partial charge on any atom is -0.464 e. The molecule has 1 aliphatic rings. The highest BCUT2D eigenvalue weighted by atomic mass is 35.5. The van der Waals surface area contributed by atoms with Gasteiger partial charge in [-0.2, -0.15) is 0 Å². The summed E-state index contributed by atoms with van der Waals surface area (Å²) in [5.74, 6) is -2.06. The van der Waals surface area contributed by atoms with E-state index < -0.39 is 40.2 Å². The van der Waals surface area contributed by atoms with Crippen molar-refractivity contribution in [1.29, 1.82) is 0 Å². The van der Waals surface area contributed by atoms with Crippen molar-refractivity contribution in [2.75, 3.05) is 26.0 Å². The third kappa shape index (κ3) is 9.19. The van der Waals surface area contributed by atoms with E-state index in [1.807, 2.05) is 0 Å². The minimum atomic E-state index is -3.60. The van der Waals surface area contributed by atoms with Gasteiger partial charge in [-0.15, -0.1) is 0 Å². The maximum atomic E-state index is 13.8. The fourth-order valence-electron chi connectivity index (χ4n) is 5.53. The fraction of sp³-hybridized carbons (Fsp3) is 0.314. The number of benzene rings is 3. The number of esters is 1. The number of halogens is 2. The van der Waals surface area contributed by atoms with Gasteiger partial charge in [-0.3, -0.25) is 9.59 Å². The number of aliphatic hydroxyl groups is 1. The lowest BCUT2D eigenvalue weighted by molar-refractivity contribution is -0.170. The third-order valence-electron chi connectivity index (χ3n) is 8.05. The van der Waals surface area contributed by atoms with Crippen molar-refractivity contribution in [1.82, 2.24) is 10.2 Å². The van der Waals surface area contributed by atoms with E-state index in [4.69, 9.17) is 46.9 Å². The monoisotopic (exact) mass is 760 g/mol. The zero-order valence-corrected chi connectivity index (χ0v) is 29.8. The van der Waals surface area contributed by atoms with Crippen molar-refractivity contribution >= 4 is 67.9 Å². The second-order valence-corrected chi connectivity index (χ2v) is 14.6. The molecule has 0 spiro atoms. The first kappa shape index (κ1) is 37.6. The Kier molecular flexibility index (Phi) is 11.9. The molecule has 0 saturated carbocycles. The second kappa shape index (κ2) is 16.1. The van der Waals surface area contributed by atoms with Crippen molar-refractivity contribution in [2.45, 2.75) is 50.0 Å². The molecule has 0 saturated heterocycles. The van der Waals surface area contributed by atoms with Gasteiger partial charge < -0.3 is 34.0 Å². The molecular weight excluding hydrogens is 727 g/mol. The van der Waals surface area contributed by atoms with Gasteiger partial charge in [-0.1, -0.05) is 41.4 Å². The molecular formula is C35H34Cl2N2O11S. The fourth-order valence-corrected chi connectivity index (χ4v) is 6.98. The summed E-state index contributed by atoms with van der Waals surface area (Å²) >= 11 is 13.4. The van der Waals surface area contributed by atoms with E-state index in [9.17, 15) is 27.6 Å². The highest BCUT2D eigenvalue weighted by Crippen LogP contribution is 2.35. The van der Waals surface area contributed by atoms with E-state index in [1.165, 1.54) is 25.1 Å². The lowest BCUT2D eigenvalue weighted by Crippen LogP contribution is -2.45. The van der Waals surface area contributed by atoms with Gasteiger partial charge in [-0.05, 0) is 59.5 Å². The molecule has 16 heteroatoms. The Hall–Kier alpha value is -4.63. The van der Waals surface area contributed by atoms with E-state index in [0.29, 0.717) is 40.8 Å². The molecule has 0 radical (unpaired) electrons. The quantitative estimate of drug-likeness (QED) is 0.111. The molecule has 0 aliphatic carbocycles. The van der Waals surface area contributed by atoms with Gasteiger partial charge >= 0.3 is 12.1 Å². The molecule has 1 aliphatic heterocycles. The number of furan rings is 1. The highest BCUT2D eigenvalue weighted by molar-refractivity contribution is 7.90. The number of nitrogens with one attached hydrogen (secondary N) is 1. The van der Waals surface area contributed by atoms with Crippen LogP contribution in [-0.2, 0) is 48.2 Å². The zero-order chi connectivity index (χ0) is 36.9. The van der Waals surface area contributed by atoms with Gasteiger partial charge in [0.2, 0.25) is 6.29 Å². The first-order chi connectivity index (χ1) is 24.2. The Morgan fingerprint density at radius 1 is 1.06 bits per heavy atom. The number of nitrogens with zero attached hydrogens (tertiary/aromatic N) is 1. The van der Waals surface area contributed by atoms with Crippen molar-refractivity contribution in [3.8, 4) is 0 Å². The topological polar surface area (TPSA) is 179 Å². The maximum Gasteiger partial charge on any atom is 0.511 e. The van der Waals surface area contributed by atoms with Gasteiger partial charge in [0.1, 0.15) is 11.6 Å². The van der Waals surface area contributed by atoms with Gasteiger partial charge in [-0.25, -0.2) is 18.0 Å². The number of fused-ring (bicyclic) bond motifs is 2. The summed E-state index contributed by atoms with van der Waals surface area (Å²) in [6, 6.07) is 12.9. The first-order valence-corrected chi connectivity index (χ1v) is 18.4. The normalized spacial score (nSPS) is 13.9. The molecule has 0 bridgehead atoms. The summed E-state index contributed by atoms with van der Waals surface area (Å²) in [4.78, 5) is 54.1. The summed E-state index contributed by atoms with van der Waals surface area (Å²) in [5, 5.41) is 12.3. The Morgan fingerprint density at radius 3 is 2.59 bits per heavy atom. The van der Waals surface area contributed by atoms with Crippen LogP contribution in [0.3, 0.4) is 0 Å². The molecule has 4 aromatic rings. The summed E-state index contributed by atoms with van der Waals surface area (Å²) in [6.07, 6.45) is 0.270. The van der Waals surface area contributed by atoms with Crippen molar-refractivity contribution in [3.05, 3.63) is 98.7 Å². The number of hydrogen-bond donors (Lipinski definition) is 2. The van der Waals surface area contributed by atoms with E-state index in [-0.39, 0.29) is 59.0 Å². The SMILES string of the molecule is CC(OC(=O)OCCCO)OC(=O)[C@H](Cc1cccc(S(C)(=O)=O)c1)NC(=O)c1c(Cl)cc2c(c1Cl)CCN(C(=O)c1ccc3ccoc3c1)C2. The average molecular weight is 762 g/mol. The predicted molar refractivity (Wildman–Crippen MR) is 185 cm³/mol. The summed E-state index contributed by atoms with van der Waals surface area (Å²) in [6.45, 7) is 1.41. The number of carbonyl (C=O) groups is 4. The molecule has 51 heavy (non-hydrogen) atoms. The van der Waals surface area contributed by atoms with Crippen molar-refractivity contribution < 1.29 is 51.3 Å². The molecule has 0 fully saturated rings. The van der Waals surface area contributed by atoms with E-state index in [1.54, 1.807) is 47.6 Å². The van der Waals surface area contributed by atoms with Crippen LogP contribution in [0, 0.1) is 0 Å². The number of carbonyl (C=O) groups excluding carboxylic acids is 4. The lowest BCUT2D eigenvalue weighted by Gasteiger charge is -2.30. The molecule has 2 atom stereocenters. The minimum absolute atomic E-state index is 0.00409. The van der Waals surface area contributed by atoms with Crippen molar-refractivity contribution in [3.63, 3.8) is 0 Å². The van der Waals surface area contributed by atoms with Gasteiger partial charge in [0.25, 0.3) is 11.8 Å². The second-order valence-electron chi connectivity index (χ2n) is 11.8. The molecule has 3 aromatic carbocycles. The first-order valence-electron chi connectivity index (χ1n) is 15.8. The van der Waals surface area contributed by atoms with Crippen LogP contribution in [0.15, 0.2) is 70.2 Å². The molecule has 270 valence electrons. The average Bonchev–Trinajstić information content (AvgIpc) is 3.55. The summed E-state index contributed by atoms with van der Waals surface area (Å²) in [5.41, 5.74) is 2.55. The third-order valence-corrected chi connectivity index (χ3v) is 9.87. The maximum absolute atomic E-state index is 13.8. The van der Waals surface area contributed by atoms with Crippen molar-refractivity contribution in [2.24, 2.45) is 0 Å². The molecule has 1 unspecified atom stereocenters. The Bertz CT molecular complexity index is 2080.